The number of ether oxygens (including phenoxy) is 1. The standard InChI is InChI=1S/C11H15NO2/c1-4-6-7-9(5-2)10-8-14-11(13)12(10)3/h4-7,10H,1,8H2,2-3H3/b7-6-,9-5+. The average molecular weight is 193 g/mol. The van der Waals surface area contributed by atoms with E-state index in [1.165, 1.54) is 0 Å². The molecule has 76 valence electrons. The zero-order valence-corrected chi connectivity index (χ0v) is 8.56. The lowest BCUT2D eigenvalue weighted by molar-refractivity contribution is 0.163. The number of allylic oxidation sites excluding steroid dienone is 3. The van der Waals surface area contributed by atoms with Gasteiger partial charge in [0.25, 0.3) is 0 Å². The molecular formula is C11H15NO2. The number of nitrogens with zero attached hydrogens (tertiary/aromatic N) is 1. The minimum Gasteiger partial charge on any atom is -0.447 e. The first-order valence-electron chi connectivity index (χ1n) is 4.55. The van der Waals surface area contributed by atoms with Crippen LogP contribution in [0, 0.1) is 0 Å². The van der Waals surface area contributed by atoms with E-state index in [0.29, 0.717) is 6.61 Å². The van der Waals surface area contributed by atoms with Gasteiger partial charge in [-0.25, -0.2) is 4.79 Å². The van der Waals surface area contributed by atoms with Crippen LogP contribution in [0.4, 0.5) is 4.79 Å². The van der Waals surface area contributed by atoms with E-state index >= 15 is 0 Å². The molecule has 0 aromatic heterocycles. The molecule has 0 aromatic carbocycles. The summed E-state index contributed by atoms with van der Waals surface area (Å²) in [6, 6.07) is 0.0312. The summed E-state index contributed by atoms with van der Waals surface area (Å²) in [5.74, 6) is 0. The van der Waals surface area contributed by atoms with Crippen LogP contribution in [0.15, 0.2) is 36.5 Å². The van der Waals surface area contributed by atoms with Gasteiger partial charge in [0, 0.05) is 7.05 Å². The summed E-state index contributed by atoms with van der Waals surface area (Å²) in [5.41, 5.74) is 1.07. The van der Waals surface area contributed by atoms with Gasteiger partial charge in [0.15, 0.2) is 0 Å². The van der Waals surface area contributed by atoms with E-state index in [2.05, 4.69) is 6.58 Å². The molecule has 0 N–H and O–H groups in total. The molecule has 3 heteroatoms. The van der Waals surface area contributed by atoms with Gasteiger partial charge >= 0.3 is 6.09 Å². The molecular weight excluding hydrogens is 178 g/mol. The second-order valence-corrected chi connectivity index (χ2v) is 3.09. The number of hydrogen-bond donors (Lipinski definition) is 0. The highest BCUT2D eigenvalue weighted by molar-refractivity contribution is 5.70. The quantitative estimate of drug-likeness (QED) is 0.642. The van der Waals surface area contributed by atoms with Crippen LogP contribution in [-0.4, -0.2) is 30.7 Å². The van der Waals surface area contributed by atoms with E-state index in [4.69, 9.17) is 4.74 Å². The molecule has 0 saturated carbocycles. The fourth-order valence-electron chi connectivity index (χ4n) is 1.39. The zero-order valence-electron chi connectivity index (χ0n) is 8.56. The lowest BCUT2D eigenvalue weighted by atomic mass is 10.1. The van der Waals surface area contributed by atoms with Crippen LogP contribution in [0.5, 0.6) is 0 Å². The van der Waals surface area contributed by atoms with Gasteiger partial charge in [0.1, 0.15) is 6.61 Å². The summed E-state index contributed by atoms with van der Waals surface area (Å²) >= 11 is 0. The number of hydrogen-bond acceptors (Lipinski definition) is 2. The molecule has 0 spiro atoms. The Bertz CT molecular complexity index is 292. The molecule has 1 atom stereocenters. The van der Waals surface area contributed by atoms with Crippen LogP contribution >= 0.6 is 0 Å². The summed E-state index contributed by atoms with van der Waals surface area (Å²) < 4.78 is 4.93. The van der Waals surface area contributed by atoms with E-state index in [9.17, 15) is 4.79 Å². The molecule has 0 bridgehead atoms. The van der Waals surface area contributed by atoms with Crippen molar-refractivity contribution in [1.29, 1.82) is 0 Å². The van der Waals surface area contributed by atoms with E-state index < -0.39 is 0 Å². The highest BCUT2D eigenvalue weighted by atomic mass is 16.6. The van der Waals surface area contributed by atoms with Crippen LogP contribution in [0.25, 0.3) is 0 Å². The van der Waals surface area contributed by atoms with Gasteiger partial charge in [-0.1, -0.05) is 30.9 Å². The maximum absolute atomic E-state index is 11.1. The van der Waals surface area contributed by atoms with Gasteiger partial charge in [-0.2, -0.15) is 0 Å². The fourth-order valence-corrected chi connectivity index (χ4v) is 1.39. The van der Waals surface area contributed by atoms with Crippen LogP contribution in [0.3, 0.4) is 0 Å². The Morgan fingerprint density at radius 2 is 2.43 bits per heavy atom. The van der Waals surface area contributed by atoms with E-state index in [1.807, 2.05) is 25.2 Å². The first kappa shape index (κ1) is 10.6. The average Bonchev–Trinajstić information content (AvgIpc) is 2.51. The minimum absolute atomic E-state index is 0.0312. The predicted octanol–water partition coefficient (Wildman–Crippen LogP) is 2.13. The maximum atomic E-state index is 11.1. The van der Waals surface area contributed by atoms with Crippen molar-refractivity contribution >= 4 is 6.09 Å². The lowest BCUT2D eigenvalue weighted by Crippen LogP contribution is -2.30. The highest BCUT2D eigenvalue weighted by Gasteiger charge is 2.30. The lowest BCUT2D eigenvalue weighted by Gasteiger charge is -2.16. The SMILES string of the molecule is C=C/C=C\C(=C/C)C1COC(=O)N1C. The Balaban J connectivity index is 2.76. The summed E-state index contributed by atoms with van der Waals surface area (Å²) in [5, 5.41) is 0. The fraction of sp³-hybridized carbons (Fsp3) is 0.364. The summed E-state index contributed by atoms with van der Waals surface area (Å²) in [6.07, 6.45) is 7.22. The zero-order chi connectivity index (χ0) is 10.6. The number of likely N-dealkylation sites (N-methyl/N-ethyl adjacent to an activating group) is 1. The third-order valence-corrected chi connectivity index (χ3v) is 2.26. The molecule has 1 heterocycles. The number of carbonyl (C=O) groups is 1. The number of amides is 1. The van der Waals surface area contributed by atoms with Crippen molar-refractivity contribution in [1.82, 2.24) is 4.90 Å². The van der Waals surface area contributed by atoms with Gasteiger partial charge in [0.2, 0.25) is 0 Å². The van der Waals surface area contributed by atoms with Gasteiger partial charge in [-0.05, 0) is 12.5 Å². The largest absolute Gasteiger partial charge is 0.447 e. The molecule has 1 fully saturated rings. The number of cyclic esters (lactones) is 1. The smallest absolute Gasteiger partial charge is 0.410 e. The van der Waals surface area contributed by atoms with E-state index in [0.717, 1.165) is 5.57 Å². The third kappa shape index (κ3) is 2.05. The van der Waals surface area contributed by atoms with Crippen molar-refractivity contribution in [3.8, 4) is 0 Å². The van der Waals surface area contributed by atoms with Crippen LogP contribution in [0.1, 0.15) is 6.92 Å². The highest BCUT2D eigenvalue weighted by Crippen LogP contribution is 2.18. The molecule has 0 radical (unpaired) electrons. The minimum atomic E-state index is -0.263. The Labute approximate surface area is 84.3 Å². The Morgan fingerprint density at radius 1 is 1.71 bits per heavy atom. The summed E-state index contributed by atoms with van der Waals surface area (Å²) in [4.78, 5) is 12.7. The number of carbonyl (C=O) groups excluding carboxylic acids is 1. The van der Waals surface area contributed by atoms with Crippen molar-refractivity contribution in [2.24, 2.45) is 0 Å². The normalized spacial score (nSPS) is 23.0. The first-order chi connectivity index (χ1) is 6.70. The van der Waals surface area contributed by atoms with Crippen molar-refractivity contribution in [3.63, 3.8) is 0 Å². The van der Waals surface area contributed by atoms with Crippen molar-refractivity contribution in [3.05, 3.63) is 36.5 Å². The molecule has 1 rings (SSSR count). The third-order valence-electron chi connectivity index (χ3n) is 2.26. The van der Waals surface area contributed by atoms with Crippen LogP contribution in [-0.2, 0) is 4.74 Å². The predicted molar refractivity (Wildman–Crippen MR) is 56.0 cm³/mol. The first-order valence-corrected chi connectivity index (χ1v) is 4.55. The van der Waals surface area contributed by atoms with Gasteiger partial charge < -0.3 is 9.64 Å². The second kappa shape index (κ2) is 4.65. The van der Waals surface area contributed by atoms with E-state index in [1.54, 1.807) is 18.0 Å². The monoisotopic (exact) mass is 193 g/mol. The molecule has 1 aliphatic heterocycles. The molecule has 3 nitrogen and oxygen atoms in total. The van der Waals surface area contributed by atoms with Gasteiger partial charge in [-0.3, -0.25) is 0 Å². The van der Waals surface area contributed by atoms with Crippen molar-refractivity contribution < 1.29 is 9.53 Å². The van der Waals surface area contributed by atoms with Gasteiger partial charge in [0.05, 0.1) is 6.04 Å². The van der Waals surface area contributed by atoms with Crippen molar-refractivity contribution in [2.75, 3.05) is 13.7 Å². The van der Waals surface area contributed by atoms with Crippen LogP contribution < -0.4 is 0 Å². The topological polar surface area (TPSA) is 29.5 Å². The molecule has 1 amide bonds. The maximum Gasteiger partial charge on any atom is 0.410 e. The number of rotatable bonds is 3. The molecule has 1 saturated heterocycles. The summed E-state index contributed by atoms with van der Waals surface area (Å²) in [6.45, 7) is 5.97. The molecule has 1 aliphatic rings. The molecule has 1 unspecified atom stereocenters. The molecule has 14 heavy (non-hydrogen) atoms. The second-order valence-electron chi connectivity index (χ2n) is 3.09. The Hall–Kier alpha value is -1.51. The molecule has 0 aromatic rings. The van der Waals surface area contributed by atoms with Crippen molar-refractivity contribution in [2.45, 2.75) is 13.0 Å². The van der Waals surface area contributed by atoms with Crippen LogP contribution in [0.2, 0.25) is 0 Å². The molecule has 0 aliphatic carbocycles. The Kier molecular flexibility index (Phi) is 3.51. The van der Waals surface area contributed by atoms with Gasteiger partial charge in [-0.15, -0.1) is 0 Å². The van der Waals surface area contributed by atoms with E-state index in [-0.39, 0.29) is 12.1 Å². The Morgan fingerprint density at radius 3 is 2.86 bits per heavy atom. The summed E-state index contributed by atoms with van der Waals surface area (Å²) in [7, 11) is 1.74.